The van der Waals surface area contributed by atoms with E-state index in [1.807, 2.05) is 0 Å². The molecule has 2 rings (SSSR count). The van der Waals surface area contributed by atoms with Gasteiger partial charge in [0.2, 0.25) is 0 Å². The highest BCUT2D eigenvalue weighted by Gasteiger charge is 2.20. The molecule has 0 bridgehead atoms. The zero-order chi connectivity index (χ0) is 13.1. The lowest BCUT2D eigenvalue weighted by molar-refractivity contribution is 0.126. The molecular weight excluding hydrogens is 251 g/mol. The number of nitrogens with two attached hydrogens (primary N) is 1. The largest absolute Gasteiger partial charge is 0.393 e. The molecule has 0 aliphatic heterocycles. The van der Waals surface area contributed by atoms with Crippen molar-refractivity contribution in [3.05, 3.63) is 29.6 Å². The molecule has 0 saturated heterocycles. The highest BCUT2D eigenvalue weighted by Crippen LogP contribution is 2.24. The molecule has 1 aromatic carbocycles. The van der Waals surface area contributed by atoms with Crippen LogP contribution in [-0.4, -0.2) is 22.2 Å². The molecule has 1 aliphatic carbocycles. The maximum absolute atomic E-state index is 13.2. The van der Waals surface area contributed by atoms with Gasteiger partial charge in [0, 0.05) is 17.3 Å². The summed E-state index contributed by atoms with van der Waals surface area (Å²) >= 11 is 4.93. The Labute approximate surface area is 111 Å². The molecule has 4 N–H and O–H groups in total. The van der Waals surface area contributed by atoms with Crippen molar-refractivity contribution in [3.8, 4) is 0 Å². The number of aliphatic hydroxyl groups excluding tert-OH is 1. The first kappa shape index (κ1) is 13.2. The summed E-state index contributed by atoms with van der Waals surface area (Å²) in [5.74, 6) is -0.345. The predicted molar refractivity (Wildman–Crippen MR) is 74.2 cm³/mol. The van der Waals surface area contributed by atoms with Crippen LogP contribution in [0.4, 0.5) is 10.1 Å². The third-order valence-corrected chi connectivity index (χ3v) is 3.52. The zero-order valence-electron chi connectivity index (χ0n) is 10.0. The SMILES string of the molecule is NC(=S)c1cc(F)ccc1NC1CCC(O)CC1. The minimum Gasteiger partial charge on any atom is -0.393 e. The molecule has 1 saturated carbocycles. The van der Waals surface area contributed by atoms with Crippen LogP contribution in [0.1, 0.15) is 31.2 Å². The summed E-state index contributed by atoms with van der Waals surface area (Å²) in [6.45, 7) is 0. The van der Waals surface area contributed by atoms with Crippen LogP contribution in [0.2, 0.25) is 0 Å². The second kappa shape index (κ2) is 5.63. The Morgan fingerprint density at radius 1 is 1.33 bits per heavy atom. The van der Waals surface area contributed by atoms with Crippen molar-refractivity contribution in [1.82, 2.24) is 0 Å². The number of anilines is 1. The van der Waals surface area contributed by atoms with Crippen LogP contribution < -0.4 is 11.1 Å². The average Bonchev–Trinajstić information content (AvgIpc) is 2.34. The van der Waals surface area contributed by atoms with E-state index in [0.29, 0.717) is 5.56 Å². The zero-order valence-corrected chi connectivity index (χ0v) is 10.8. The molecule has 1 aliphatic rings. The topological polar surface area (TPSA) is 58.3 Å². The maximum atomic E-state index is 13.2. The number of nitrogens with one attached hydrogen (secondary N) is 1. The van der Waals surface area contributed by atoms with Gasteiger partial charge in [-0.3, -0.25) is 0 Å². The predicted octanol–water partition coefficient (Wildman–Crippen LogP) is 2.18. The Bertz CT molecular complexity index is 445. The third kappa shape index (κ3) is 3.17. The summed E-state index contributed by atoms with van der Waals surface area (Å²) in [7, 11) is 0. The van der Waals surface area contributed by atoms with Crippen LogP contribution in [0.5, 0.6) is 0 Å². The molecule has 98 valence electrons. The first-order valence-corrected chi connectivity index (χ1v) is 6.51. The second-order valence-electron chi connectivity index (χ2n) is 4.70. The Hall–Kier alpha value is -1.20. The van der Waals surface area contributed by atoms with Crippen molar-refractivity contribution in [3.63, 3.8) is 0 Å². The molecule has 0 unspecified atom stereocenters. The quantitative estimate of drug-likeness (QED) is 0.735. The van der Waals surface area contributed by atoms with Crippen molar-refractivity contribution >= 4 is 22.9 Å². The standard InChI is InChI=1S/C13H17FN2OS/c14-8-1-6-12(11(7-8)13(15)18)16-9-2-4-10(17)5-3-9/h1,6-7,9-10,16-17H,2-5H2,(H2,15,18). The lowest BCUT2D eigenvalue weighted by Crippen LogP contribution is -2.29. The summed E-state index contributed by atoms with van der Waals surface area (Å²) in [5, 5.41) is 12.8. The van der Waals surface area contributed by atoms with E-state index in [4.69, 9.17) is 18.0 Å². The van der Waals surface area contributed by atoms with Gasteiger partial charge in [0.15, 0.2) is 0 Å². The summed E-state index contributed by atoms with van der Waals surface area (Å²) < 4.78 is 13.2. The molecule has 3 nitrogen and oxygen atoms in total. The van der Waals surface area contributed by atoms with E-state index in [-0.39, 0.29) is 23.0 Å². The first-order valence-electron chi connectivity index (χ1n) is 6.10. The highest BCUT2D eigenvalue weighted by molar-refractivity contribution is 7.80. The summed E-state index contributed by atoms with van der Waals surface area (Å²) in [5.41, 5.74) is 6.90. The number of benzene rings is 1. The molecule has 0 heterocycles. The Morgan fingerprint density at radius 2 is 2.00 bits per heavy atom. The van der Waals surface area contributed by atoms with Crippen LogP contribution in [0.25, 0.3) is 0 Å². The first-order chi connectivity index (χ1) is 8.56. The number of halogens is 1. The fourth-order valence-electron chi connectivity index (χ4n) is 2.29. The van der Waals surface area contributed by atoms with E-state index in [9.17, 15) is 9.50 Å². The normalized spacial score (nSPS) is 23.7. The van der Waals surface area contributed by atoms with Gasteiger partial charge in [-0.2, -0.15) is 0 Å². The summed E-state index contributed by atoms with van der Waals surface area (Å²) in [6.07, 6.45) is 3.19. The molecule has 0 spiro atoms. The highest BCUT2D eigenvalue weighted by atomic mass is 32.1. The Morgan fingerprint density at radius 3 is 2.61 bits per heavy atom. The van der Waals surface area contributed by atoms with Crippen LogP contribution >= 0.6 is 12.2 Å². The van der Waals surface area contributed by atoms with Gasteiger partial charge in [-0.25, -0.2) is 4.39 Å². The van der Waals surface area contributed by atoms with Crippen LogP contribution in [-0.2, 0) is 0 Å². The second-order valence-corrected chi connectivity index (χ2v) is 5.14. The molecule has 5 heteroatoms. The van der Waals surface area contributed by atoms with Gasteiger partial charge >= 0.3 is 0 Å². The monoisotopic (exact) mass is 268 g/mol. The van der Waals surface area contributed by atoms with Gasteiger partial charge < -0.3 is 16.2 Å². The van der Waals surface area contributed by atoms with E-state index in [1.54, 1.807) is 6.07 Å². The number of hydrogen-bond acceptors (Lipinski definition) is 3. The molecule has 18 heavy (non-hydrogen) atoms. The Kier molecular flexibility index (Phi) is 4.14. The van der Waals surface area contributed by atoms with Crippen LogP contribution in [0, 0.1) is 5.82 Å². The van der Waals surface area contributed by atoms with E-state index in [1.165, 1.54) is 12.1 Å². The van der Waals surface area contributed by atoms with Gasteiger partial charge in [0.05, 0.1) is 6.10 Å². The molecule has 1 fully saturated rings. The smallest absolute Gasteiger partial charge is 0.124 e. The van der Waals surface area contributed by atoms with Crippen molar-refractivity contribution in [1.29, 1.82) is 0 Å². The van der Waals surface area contributed by atoms with Crippen LogP contribution in [0.15, 0.2) is 18.2 Å². The van der Waals surface area contributed by atoms with Gasteiger partial charge in [-0.05, 0) is 43.9 Å². The van der Waals surface area contributed by atoms with E-state index < -0.39 is 0 Å². The van der Waals surface area contributed by atoms with Crippen molar-refractivity contribution in [2.24, 2.45) is 5.73 Å². The molecule has 0 aromatic heterocycles. The molecule has 0 atom stereocenters. The van der Waals surface area contributed by atoms with E-state index in [2.05, 4.69) is 5.32 Å². The number of thiocarbonyl (C=S) groups is 1. The summed E-state index contributed by atoms with van der Waals surface area (Å²) in [4.78, 5) is 0.188. The van der Waals surface area contributed by atoms with Gasteiger partial charge in [-0.1, -0.05) is 12.2 Å². The number of rotatable bonds is 3. The van der Waals surface area contributed by atoms with Crippen molar-refractivity contribution < 1.29 is 9.50 Å². The van der Waals surface area contributed by atoms with Gasteiger partial charge in [0.1, 0.15) is 10.8 Å². The van der Waals surface area contributed by atoms with E-state index >= 15 is 0 Å². The molecular formula is C13H17FN2OS. The molecule has 0 amide bonds. The fraction of sp³-hybridized carbons (Fsp3) is 0.462. The molecule has 0 radical (unpaired) electrons. The van der Waals surface area contributed by atoms with E-state index in [0.717, 1.165) is 31.4 Å². The number of aliphatic hydroxyl groups is 1. The number of hydrogen-bond donors (Lipinski definition) is 3. The Balaban J connectivity index is 2.11. The van der Waals surface area contributed by atoms with Gasteiger partial charge in [0.25, 0.3) is 0 Å². The average molecular weight is 268 g/mol. The van der Waals surface area contributed by atoms with Crippen LogP contribution in [0.3, 0.4) is 0 Å². The maximum Gasteiger partial charge on any atom is 0.124 e. The van der Waals surface area contributed by atoms with Crippen molar-refractivity contribution in [2.75, 3.05) is 5.32 Å². The van der Waals surface area contributed by atoms with Crippen molar-refractivity contribution in [2.45, 2.75) is 37.8 Å². The lowest BCUT2D eigenvalue weighted by atomic mass is 9.93. The summed E-state index contributed by atoms with van der Waals surface area (Å²) in [6, 6.07) is 4.69. The van der Waals surface area contributed by atoms with Gasteiger partial charge in [-0.15, -0.1) is 0 Å². The third-order valence-electron chi connectivity index (χ3n) is 3.30. The molecule has 1 aromatic rings. The minimum atomic E-state index is -0.345. The minimum absolute atomic E-state index is 0.188. The fourth-order valence-corrected chi connectivity index (χ4v) is 2.46. The lowest BCUT2D eigenvalue weighted by Gasteiger charge is -2.27.